The predicted molar refractivity (Wildman–Crippen MR) is 121 cm³/mol. The highest BCUT2D eigenvalue weighted by Crippen LogP contribution is 2.08. The highest BCUT2D eigenvalue weighted by molar-refractivity contribution is 6.61. The lowest BCUT2D eigenvalue weighted by Crippen LogP contribution is -2.53. The van der Waals surface area contributed by atoms with Gasteiger partial charge < -0.3 is 24.7 Å². The van der Waals surface area contributed by atoms with Crippen LogP contribution in [0.4, 0.5) is 0 Å². The fourth-order valence-corrected chi connectivity index (χ4v) is 3.33. The molecular weight excluding hydrogens is 411 g/mol. The van der Waals surface area contributed by atoms with Gasteiger partial charge in [-0.2, -0.15) is 0 Å². The van der Waals surface area contributed by atoms with Gasteiger partial charge in [0.25, 0.3) is 0 Å². The number of hydrogen-bond acceptors (Lipinski definition) is 6. The molecule has 0 saturated heterocycles. The Morgan fingerprint density at radius 1 is 0.812 bits per heavy atom. The SMILES string of the molecule is COB(OC)c1ccc(C[C@@H](NC(=O)[C@@H](Cc2ccccc2)NC(C)=O)C(=O)OC)cc1. The average molecular weight is 440 g/mol. The van der Waals surface area contributed by atoms with E-state index in [-0.39, 0.29) is 12.3 Å². The Morgan fingerprint density at radius 3 is 1.91 bits per heavy atom. The summed E-state index contributed by atoms with van der Waals surface area (Å²) < 4.78 is 15.3. The number of amides is 2. The van der Waals surface area contributed by atoms with Crippen molar-refractivity contribution in [1.29, 1.82) is 0 Å². The van der Waals surface area contributed by atoms with Gasteiger partial charge in [0.05, 0.1) is 7.11 Å². The molecule has 0 radical (unpaired) electrons. The van der Waals surface area contributed by atoms with E-state index in [4.69, 9.17) is 14.0 Å². The molecule has 2 amide bonds. The van der Waals surface area contributed by atoms with Gasteiger partial charge in [-0.1, -0.05) is 54.6 Å². The number of methoxy groups -OCH3 is 1. The van der Waals surface area contributed by atoms with Gasteiger partial charge in [-0.25, -0.2) is 4.79 Å². The number of rotatable bonds is 11. The van der Waals surface area contributed by atoms with Crippen LogP contribution in [0.2, 0.25) is 0 Å². The Balaban J connectivity index is 2.14. The third-order valence-electron chi connectivity index (χ3n) is 4.90. The van der Waals surface area contributed by atoms with E-state index in [9.17, 15) is 14.4 Å². The van der Waals surface area contributed by atoms with E-state index in [2.05, 4.69) is 10.6 Å². The molecule has 0 saturated carbocycles. The van der Waals surface area contributed by atoms with Gasteiger partial charge in [0.2, 0.25) is 11.8 Å². The van der Waals surface area contributed by atoms with E-state index in [0.29, 0.717) is 6.42 Å². The first-order valence-electron chi connectivity index (χ1n) is 10.2. The Bertz CT molecular complexity index is 887. The molecular formula is C23H29BN2O6. The van der Waals surface area contributed by atoms with Crippen molar-refractivity contribution < 1.29 is 28.4 Å². The van der Waals surface area contributed by atoms with Gasteiger partial charge in [0.1, 0.15) is 12.1 Å². The van der Waals surface area contributed by atoms with Gasteiger partial charge in [-0.3, -0.25) is 9.59 Å². The molecule has 0 aromatic heterocycles. The van der Waals surface area contributed by atoms with E-state index in [0.717, 1.165) is 16.6 Å². The number of ether oxygens (including phenoxy) is 1. The molecule has 2 atom stereocenters. The average Bonchev–Trinajstić information content (AvgIpc) is 2.79. The Kier molecular flexibility index (Phi) is 9.91. The lowest BCUT2D eigenvalue weighted by molar-refractivity contribution is -0.145. The van der Waals surface area contributed by atoms with Crippen LogP contribution in [0.3, 0.4) is 0 Å². The molecule has 2 aromatic rings. The molecule has 0 heterocycles. The van der Waals surface area contributed by atoms with Crippen LogP contribution >= 0.6 is 0 Å². The first-order valence-corrected chi connectivity index (χ1v) is 10.2. The van der Waals surface area contributed by atoms with Gasteiger partial charge in [0.15, 0.2) is 0 Å². The fourth-order valence-electron chi connectivity index (χ4n) is 3.33. The summed E-state index contributed by atoms with van der Waals surface area (Å²) in [6.07, 6.45) is 0.520. The van der Waals surface area contributed by atoms with Crippen LogP contribution in [0.1, 0.15) is 18.1 Å². The van der Waals surface area contributed by atoms with Crippen LogP contribution in [0, 0.1) is 0 Å². The molecule has 0 aliphatic carbocycles. The van der Waals surface area contributed by atoms with Crippen LogP contribution in [-0.2, 0) is 41.3 Å². The fraction of sp³-hybridized carbons (Fsp3) is 0.348. The summed E-state index contributed by atoms with van der Waals surface area (Å²) in [6.45, 7) is 1.35. The molecule has 0 fully saturated rings. The minimum absolute atomic E-state index is 0.224. The molecule has 9 heteroatoms. The highest BCUT2D eigenvalue weighted by atomic mass is 16.6. The van der Waals surface area contributed by atoms with Crippen LogP contribution in [-0.4, -0.2) is 58.3 Å². The lowest BCUT2D eigenvalue weighted by atomic mass is 9.78. The van der Waals surface area contributed by atoms with Gasteiger partial charge >= 0.3 is 13.1 Å². The topological polar surface area (TPSA) is 103 Å². The maximum atomic E-state index is 13.0. The molecule has 0 bridgehead atoms. The van der Waals surface area contributed by atoms with Gasteiger partial charge in [-0.15, -0.1) is 0 Å². The molecule has 2 N–H and O–H groups in total. The summed E-state index contributed by atoms with van der Waals surface area (Å²) in [5, 5.41) is 5.38. The molecule has 0 spiro atoms. The van der Waals surface area contributed by atoms with Crippen LogP contribution in [0.15, 0.2) is 54.6 Å². The summed E-state index contributed by atoms with van der Waals surface area (Å²) >= 11 is 0. The summed E-state index contributed by atoms with van der Waals surface area (Å²) in [5.74, 6) is -1.37. The first kappa shape index (κ1) is 25.1. The smallest absolute Gasteiger partial charge is 0.467 e. The van der Waals surface area contributed by atoms with Gasteiger partial charge in [0, 0.05) is 34.0 Å². The van der Waals surface area contributed by atoms with Crippen LogP contribution in [0.25, 0.3) is 0 Å². The summed E-state index contributed by atoms with van der Waals surface area (Å²) in [7, 11) is 3.87. The van der Waals surface area contributed by atoms with E-state index < -0.39 is 31.1 Å². The zero-order valence-electron chi connectivity index (χ0n) is 18.8. The van der Waals surface area contributed by atoms with E-state index in [1.54, 1.807) is 14.2 Å². The van der Waals surface area contributed by atoms with E-state index in [1.807, 2.05) is 54.6 Å². The second-order valence-electron chi connectivity index (χ2n) is 7.28. The molecule has 2 aromatic carbocycles. The van der Waals surface area contributed by atoms with Crippen LogP contribution in [0.5, 0.6) is 0 Å². The maximum absolute atomic E-state index is 13.0. The van der Waals surface area contributed by atoms with Crippen molar-refractivity contribution in [2.75, 3.05) is 21.3 Å². The predicted octanol–water partition coefficient (Wildman–Crippen LogP) is 0.622. The zero-order chi connectivity index (χ0) is 23.5. The van der Waals surface area contributed by atoms with Crippen molar-refractivity contribution in [3.8, 4) is 0 Å². The normalized spacial score (nSPS) is 12.4. The summed E-state index contributed by atoms with van der Waals surface area (Å²) in [6, 6.07) is 14.9. The van der Waals surface area contributed by atoms with Crippen molar-refractivity contribution in [2.45, 2.75) is 31.8 Å². The van der Waals surface area contributed by atoms with Crippen LogP contribution < -0.4 is 16.1 Å². The molecule has 2 rings (SSSR count). The second-order valence-corrected chi connectivity index (χ2v) is 7.28. The Labute approximate surface area is 188 Å². The van der Waals surface area contributed by atoms with Crippen molar-refractivity contribution in [3.63, 3.8) is 0 Å². The van der Waals surface area contributed by atoms with Crippen molar-refractivity contribution in [3.05, 3.63) is 65.7 Å². The minimum atomic E-state index is -0.911. The van der Waals surface area contributed by atoms with Crippen molar-refractivity contribution >= 4 is 30.4 Å². The quantitative estimate of drug-likeness (QED) is 0.393. The summed E-state index contributed by atoms with van der Waals surface area (Å²) in [5.41, 5.74) is 2.53. The molecule has 170 valence electrons. The Hall–Kier alpha value is -3.17. The van der Waals surface area contributed by atoms with Gasteiger partial charge in [-0.05, 0) is 16.6 Å². The minimum Gasteiger partial charge on any atom is -0.467 e. The van der Waals surface area contributed by atoms with Crippen molar-refractivity contribution in [2.24, 2.45) is 0 Å². The number of esters is 1. The monoisotopic (exact) mass is 440 g/mol. The van der Waals surface area contributed by atoms with Crippen molar-refractivity contribution in [1.82, 2.24) is 10.6 Å². The molecule has 32 heavy (non-hydrogen) atoms. The molecule has 0 unspecified atom stereocenters. The van der Waals surface area contributed by atoms with E-state index >= 15 is 0 Å². The number of hydrogen-bond donors (Lipinski definition) is 2. The zero-order valence-corrected chi connectivity index (χ0v) is 18.8. The maximum Gasteiger partial charge on any atom is 0.493 e. The highest BCUT2D eigenvalue weighted by Gasteiger charge is 2.27. The third kappa shape index (κ3) is 7.51. The number of carbonyl (C=O) groups excluding carboxylic acids is 3. The molecule has 8 nitrogen and oxygen atoms in total. The largest absolute Gasteiger partial charge is 0.493 e. The first-order chi connectivity index (χ1) is 15.4. The molecule has 0 aliphatic rings. The number of carbonyl (C=O) groups is 3. The molecule has 0 aliphatic heterocycles. The second kappa shape index (κ2) is 12.6. The number of nitrogens with one attached hydrogen (secondary N) is 2. The third-order valence-corrected chi connectivity index (χ3v) is 4.90. The summed E-state index contributed by atoms with van der Waals surface area (Å²) in [4.78, 5) is 37.0. The van der Waals surface area contributed by atoms with E-state index in [1.165, 1.54) is 14.0 Å². The Morgan fingerprint density at radius 2 is 1.38 bits per heavy atom. The lowest BCUT2D eigenvalue weighted by Gasteiger charge is -2.22. The standard InChI is InChI=1S/C23H29BN2O6/c1-16(27)25-20(14-17-8-6-5-7-9-17)22(28)26-21(23(29)30-2)15-18-10-12-19(13-11-18)24(31-3)32-4/h5-13,20-21H,14-15H2,1-4H3,(H,25,27)(H,26,28)/t20-,21-/m1/s1. The number of benzene rings is 2.